The standard InChI is InChI=1S/C29H21NS/c1-3-11-23(12-4-1)27(24-13-5-2-6-14-24)21-22-10-9-16-26(20-22)31-29-19-18-25-15-7-8-17-28(25)30-29/h1-21H. The van der Waals surface area contributed by atoms with E-state index in [2.05, 4.69) is 115 Å². The largest absolute Gasteiger partial charge is 0.241 e. The first-order valence-electron chi connectivity index (χ1n) is 10.3. The highest BCUT2D eigenvalue weighted by Gasteiger charge is 2.06. The van der Waals surface area contributed by atoms with Crippen molar-refractivity contribution in [3.05, 3.63) is 138 Å². The highest BCUT2D eigenvalue weighted by molar-refractivity contribution is 7.99. The molecule has 5 aromatic rings. The first-order valence-corrected chi connectivity index (χ1v) is 11.1. The average Bonchev–Trinajstić information content (AvgIpc) is 2.84. The molecular weight excluding hydrogens is 394 g/mol. The zero-order valence-corrected chi connectivity index (χ0v) is 17.8. The minimum absolute atomic E-state index is 1.01. The quantitative estimate of drug-likeness (QED) is 0.270. The van der Waals surface area contributed by atoms with Crippen LogP contribution in [0.3, 0.4) is 0 Å². The number of aromatic nitrogens is 1. The summed E-state index contributed by atoms with van der Waals surface area (Å²) in [5.41, 5.74) is 5.84. The Labute approximate surface area is 187 Å². The third kappa shape index (κ3) is 4.60. The molecule has 2 heteroatoms. The average molecular weight is 416 g/mol. The summed E-state index contributed by atoms with van der Waals surface area (Å²) in [5.74, 6) is 0. The van der Waals surface area contributed by atoms with Crippen molar-refractivity contribution in [3.8, 4) is 0 Å². The molecule has 1 aromatic heterocycles. The van der Waals surface area contributed by atoms with Crippen LogP contribution in [0.4, 0.5) is 0 Å². The molecule has 0 atom stereocenters. The molecule has 4 aromatic carbocycles. The van der Waals surface area contributed by atoms with Crippen molar-refractivity contribution >= 4 is 34.3 Å². The third-order valence-electron chi connectivity index (χ3n) is 5.13. The number of para-hydroxylation sites is 1. The highest BCUT2D eigenvalue weighted by Crippen LogP contribution is 2.31. The predicted octanol–water partition coefficient (Wildman–Crippen LogP) is 7.97. The lowest BCUT2D eigenvalue weighted by atomic mass is 9.96. The molecule has 5 rings (SSSR count). The first-order chi connectivity index (χ1) is 15.3. The summed E-state index contributed by atoms with van der Waals surface area (Å²) in [5, 5.41) is 2.17. The Morgan fingerprint density at radius 2 is 1.29 bits per heavy atom. The monoisotopic (exact) mass is 415 g/mol. The van der Waals surface area contributed by atoms with E-state index in [1.54, 1.807) is 11.8 Å². The maximum Gasteiger partial charge on any atom is 0.101 e. The minimum atomic E-state index is 1.01. The molecule has 1 nitrogen and oxygen atoms in total. The van der Waals surface area contributed by atoms with Crippen LogP contribution in [0.2, 0.25) is 0 Å². The Balaban J connectivity index is 1.49. The molecule has 0 N–H and O–H groups in total. The summed E-state index contributed by atoms with van der Waals surface area (Å²) in [6.45, 7) is 0. The smallest absolute Gasteiger partial charge is 0.101 e. The summed E-state index contributed by atoms with van der Waals surface area (Å²) in [6, 6.07) is 42.2. The minimum Gasteiger partial charge on any atom is -0.241 e. The van der Waals surface area contributed by atoms with Gasteiger partial charge in [0.25, 0.3) is 0 Å². The summed E-state index contributed by atoms with van der Waals surface area (Å²) in [4.78, 5) is 5.98. The van der Waals surface area contributed by atoms with Gasteiger partial charge in [0.2, 0.25) is 0 Å². The van der Waals surface area contributed by atoms with E-state index in [1.807, 2.05) is 12.1 Å². The Bertz CT molecular complexity index is 1300. The van der Waals surface area contributed by atoms with Gasteiger partial charge >= 0.3 is 0 Å². The van der Waals surface area contributed by atoms with Crippen LogP contribution in [0.1, 0.15) is 16.7 Å². The third-order valence-corrected chi connectivity index (χ3v) is 6.06. The van der Waals surface area contributed by atoms with Crippen LogP contribution in [-0.4, -0.2) is 4.98 Å². The van der Waals surface area contributed by atoms with Gasteiger partial charge in [-0.05, 0) is 52.6 Å². The maximum atomic E-state index is 4.80. The predicted molar refractivity (Wildman–Crippen MR) is 132 cm³/mol. The van der Waals surface area contributed by atoms with E-state index < -0.39 is 0 Å². The van der Waals surface area contributed by atoms with Crippen LogP contribution in [0.15, 0.2) is 131 Å². The number of hydrogen-bond acceptors (Lipinski definition) is 2. The molecule has 0 aliphatic rings. The second-order valence-corrected chi connectivity index (χ2v) is 8.40. The molecule has 1 heterocycles. The van der Waals surface area contributed by atoms with E-state index in [9.17, 15) is 0 Å². The fraction of sp³-hybridized carbons (Fsp3) is 0. The van der Waals surface area contributed by atoms with E-state index in [0.29, 0.717) is 0 Å². The Hall–Kier alpha value is -3.62. The first kappa shape index (κ1) is 19.3. The van der Waals surface area contributed by atoms with E-state index in [1.165, 1.54) is 32.5 Å². The van der Waals surface area contributed by atoms with Crippen molar-refractivity contribution < 1.29 is 0 Å². The van der Waals surface area contributed by atoms with Crippen molar-refractivity contribution in [1.82, 2.24) is 4.98 Å². The topological polar surface area (TPSA) is 12.9 Å². The van der Waals surface area contributed by atoms with Crippen molar-refractivity contribution in [2.75, 3.05) is 0 Å². The van der Waals surface area contributed by atoms with Crippen LogP contribution in [-0.2, 0) is 0 Å². The molecule has 0 radical (unpaired) electrons. The van der Waals surface area contributed by atoms with Gasteiger partial charge in [0.1, 0.15) is 5.03 Å². The second-order valence-electron chi connectivity index (χ2n) is 7.31. The van der Waals surface area contributed by atoms with Gasteiger partial charge in [-0.3, -0.25) is 0 Å². The van der Waals surface area contributed by atoms with Crippen LogP contribution in [0.25, 0.3) is 22.6 Å². The SMILES string of the molecule is C(=C(c1ccccc1)c1ccccc1)c1cccc(Sc2ccc3ccccc3n2)c1. The van der Waals surface area contributed by atoms with Crippen LogP contribution >= 0.6 is 11.8 Å². The zero-order chi connectivity index (χ0) is 20.9. The molecule has 0 bridgehead atoms. The van der Waals surface area contributed by atoms with Crippen molar-refractivity contribution in [3.63, 3.8) is 0 Å². The molecule has 0 amide bonds. The van der Waals surface area contributed by atoms with Gasteiger partial charge in [-0.1, -0.05) is 109 Å². The summed E-state index contributed by atoms with van der Waals surface area (Å²) in [6.07, 6.45) is 2.27. The summed E-state index contributed by atoms with van der Waals surface area (Å²) in [7, 11) is 0. The fourth-order valence-corrected chi connectivity index (χ4v) is 4.49. The lowest BCUT2D eigenvalue weighted by Gasteiger charge is -2.10. The van der Waals surface area contributed by atoms with E-state index >= 15 is 0 Å². The van der Waals surface area contributed by atoms with Gasteiger partial charge in [-0.2, -0.15) is 0 Å². The lowest BCUT2D eigenvalue weighted by Crippen LogP contribution is -1.88. The Kier molecular flexibility index (Phi) is 5.64. The van der Waals surface area contributed by atoms with E-state index in [4.69, 9.17) is 4.98 Å². The maximum absolute atomic E-state index is 4.80. The number of rotatable bonds is 5. The van der Waals surface area contributed by atoms with Crippen molar-refractivity contribution in [2.45, 2.75) is 9.92 Å². The van der Waals surface area contributed by atoms with Gasteiger partial charge in [-0.25, -0.2) is 4.98 Å². The summed E-state index contributed by atoms with van der Waals surface area (Å²) >= 11 is 1.69. The fourth-order valence-electron chi connectivity index (χ4n) is 3.63. The number of pyridine rings is 1. The van der Waals surface area contributed by atoms with Crippen molar-refractivity contribution in [1.29, 1.82) is 0 Å². The molecule has 0 fully saturated rings. The van der Waals surface area contributed by atoms with E-state index in [-0.39, 0.29) is 0 Å². The lowest BCUT2D eigenvalue weighted by molar-refractivity contribution is 1.19. The number of benzene rings is 4. The molecule has 0 spiro atoms. The summed E-state index contributed by atoms with van der Waals surface area (Å²) < 4.78 is 0. The molecule has 0 saturated heterocycles. The zero-order valence-electron chi connectivity index (χ0n) is 17.0. The molecule has 0 unspecified atom stereocenters. The van der Waals surface area contributed by atoms with Crippen LogP contribution in [0.5, 0.6) is 0 Å². The van der Waals surface area contributed by atoms with Gasteiger partial charge in [-0.15, -0.1) is 0 Å². The molecule has 0 saturated carbocycles. The van der Waals surface area contributed by atoms with Gasteiger partial charge in [0, 0.05) is 10.3 Å². The highest BCUT2D eigenvalue weighted by atomic mass is 32.2. The molecular formula is C29H21NS. The molecule has 31 heavy (non-hydrogen) atoms. The molecule has 0 aliphatic heterocycles. The number of fused-ring (bicyclic) bond motifs is 1. The van der Waals surface area contributed by atoms with E-state index in [0.717, 1.165) is 10.5 Å². The second kappa shape index (κ2) is 9.03. The Morgan fingerprint density at radius 3 is 2.03 bits per heavy atom. The van der Waals surface area contributed by atoms with Crippen LogP contribution in [0, 0.1) is 0 Å². The normalized spacial score (nSPS) is 10.7. The van der Waals surface area contributed by atoms with Gasteiger partial charge in [0.15, 0.2) is 0 Å². The number of nitrogens with zero attached hydrogens (tertiary/aromatic N) is 1. The molecule has 148 valence electrons. The molecule has 0 aliphatic carbocycles. The van der Waals surface area contributed by atoms with Crippen molar-refractivity contribution in [2.24, 2.45) is 0 Å². The van der Waals surface area contributed by atoms with Gasteiger partial charge in [0.05, 0.1) is 5.52 Å². The number of hydrogen-bond donors (Lipinski definition) is 0. The van der Waals surface area contributed by atoms with Crippen LogP contribution < -0.4 is 0 Å². The van der Waals surface area contributed by atoms with Gasteiger partial charge < -0.3 is 0 Å². The Morgan fingerprint density at radius 1 is 0.613 bits per heavy atom.